The van der Waals surface area contributed by atoms with Crippen LogP contribution in [0.5, 0.6) is 0 Å². The molecule has 0 saturated carbocycles. The molecule has 0 saturated heterocycles. The average molecular weight is 200 g/mol. The highest BCUT2D eigenvalue weighted by Gasteiger charge is 2.24. The van der Waals surface area contributed by atoms with Gasteiger partial charge in [0, 0.05) is 5.92 Å². The quantitative estimate of drug-likeness (QED) is 0.582. The Morgan fingerprint density at radius 1 is 1.53 bits per heavy atom. The molecule has 0 nitrogen and oxygen atoms in total. The van der Waals surface area contributed by atoms with E-state index in [2.05, 4.69) is 52.2 Å². The molecule has 1 atom stereocenters. The van der Waals surface area contributed by atoms with Gasteiger partial charge in [-0.1, -0.05) is 50.0 Å². The molecule has 0 heterocycles. The molecule has 0 heteroatoms. The molecule has 0 N–H and O–H groups in total. The van der Waals surface area contributed by atoms with Crippen LogP contribution in [0.4, 0.5) is 0 Å². The predicted octanol–water partition coefficient (Wildman–Crippen LogP) is 4.59. The molecule has 0 aromatic rings. The Bertz CT molecular complexity index is 361. The van der Waals surface area contributed by atoms with Crippen LogP contribution in [0.15, 0.2) is 59.8 Å². The molecule has 1 aliphatic rings. The molecular formula is C15H20. The summed E-state index contributed by atoms with van der Waals surface area (Å²) in [5.74, 6) is 0.408. The normalized spacial score (nSPS) is 22.2. The molecule has 0 spiro atoms. The summed E-state index contributed by atoms with van der Waals surface area (Å²) in [7, 11) is 0. The zero-order valence-electron chi connectivity index (χ0n) is 10.0. The first-order valence-corrected chi connectivity index (χ1v) is 5.52. The number of hydrogen-bond acceptors (Lipinski definition) is 0. The van der Waals surface area contributed by atoms with E-state index in [4.69, 9.17) is 0 Å². The maximum Gasteiger partial charge on any atom is 0.0274 e. The lowest BCUT2D eigenvalue weighted by molar-refractivity contribution is 0.840. The molecular weight excluding hydrogens is 180 g/mol. The van der Waals surface area contributed by atoms with Gasteiger partial charge in [0.2, 0.25) is 0 Å². The van der Waals surface area contributed by atoms with Crippen LogP contribution in [0, 0.1) is 5.92 Å². The third kappa shape index (κ3) is 2.20. The van der Waals surface area contributed by atoms with Crippen molar-refractivity contribution in [3.05, 3.63) is 59.8 Å². The van der Waals surface area contributed by atoms with Gasteiger partial charge in [-0.05, 0) is 37.0 Å². The van der Waals surface area contributed by atoms with E-state index in [1.54, 1.807) is 0 Å². The smallest absolute Gasteiger partial charge is 0.0274 e. The van der Waals surface area contributed by atoms with Gasteiger partial charge in [-0.15, -0.1) is 0 Å². The third-order valence-corrected chi connectivity index (χ3v) is 2.92. The fraction of sp³-hybridized carbons (Fsp3) is 0.333. The average Bonchev–Trinajstić information content (AvgIpc) is 2.27. The fourth-order valence-corrected chi connectivity index (χ4v) is 1.95. The summed E-state index contributed by atoms with van der Waals surface area (Å²) in [5, 5.41) is 0. The van der Waals surface area contributed by atoms with E-state index in [9.17, 15) is 0 Å². The summed E-state index contributed by atoms with van der Waals surface area (Å²) >= 11 is 0. The predicted molar refractivity (Wildman–Crippen MR) is 68.7 cm³/mol. The minimum atomic E-state index is 0.408. The summed E-state index contributed by atoms with van der Waals surface area (Å²) in [6, 6.07) is 0. The molecule has 0 aromatic carbocycles. The summed E-state index contributed by atoms with van der Waals surface area (Å²) in [4.78, 5) is 0. The van der Waals surface area contributed by atoms with Crippen LogP contribution in [0.1, 0.15) is 27.2 Å². The van der Waals surface area contributed by atoms with E-state index in [0.717, 1.165) is 6.42 Å². The second-order valence-corrected chi connectivity index (χ2v) is 3.87. The number of rotatable bonds is 4. The fourth-order valence-electron chi connectivity index (χ4n) is 1.95. The van der Waals surface area contributed by atoms with Crippen LogP contribution in [0.2, 0.25) is 0 Å². The van der Waals surface area contributed by atoms with Gasteiger partial charge in [-0.2, -0.15) is 0 Å². The van der Waals surface area contributed by atoms with E-state index in [1.165, 1.54) is 22.3 Å². The molecule has 0 aliphatic heterocycles. The molecule has 1 unspecified atom stereocenters. The zero-order chi connectivity index (χ0) is 11.4. The van der Waals surface area contributed by atoms with Crippen molar-refractivity contribution >= 4 is 0 Å². The molecule has 0 fully saturated rings. The van der Waals surface area contributed by atoms with Gasteiger partial charge in [0.25, 0.3) is 0 Å². The molecule has 0 radical (unpaired) electrons. The monoisotopic (exact) mass is 200 g/mol. The largest absolute Gasteiger partial charge is 0.0985 e. The molecule has 15 heavy (non-hydrogen) atoms. The van der Waals surface area contributed by atoms with Crippen molar-refractivity contribution in [3.63, 3.8) is 0 Å². The maximum atomic E-state index is 4.10. The number of allylic oxidation sites excluding steroid dienone is 8. The second kappa shape index (κ2) is 4.97. The van der Waals surface area contributed by atoms with E-state index in [0.29, 0.717) is 5.92 Å². The molecule has 0 bridgehead atoms. The Labute approximate surface area is 93.4 Å². The Morgan fingerprint density at radius 2 is 2.20 bits per heavy atom. The molecule has 0 aromatic heterocycles. The van der Waals surface area contributed by atoms with Crippen LogP contribution >= 0.6 is 0 Å². The van der Waals surface area contributed by atoms with Gasteiger partial charge in [-0.25, -0.2) is 0 Å². The van der Waals surface area contributed by atoms with Crippen molar-refractivity contribution in [1.82, 2.24) is 0 Å². The molecule has 0 amide bonds. The molecule has 80 valence electrons. The topological polar surface area (TPSA) is 0 Å². The van der Waals surface area contributed by atoms with E-state index < -0.39 is 0 Å². The summed E-state index contributed by atoms with van der Waals surface area (Å²) in [6.45, 7) is 14.3. The Hall–Kier alpha value is -1.30. The summed E-state index contributed by atoms with van der Waals surface area (Å²) < 4.78 is 0. The second-order valence-electron chi connectivity index (χ2n) is 3.87. The SMILES string of the molecule is C=CC(=C\CC)/C(=C/C)C1C=C(C)C1=C. The lowest BCUT2D eigenvalue weighted by Gasteiger charge is -2.29. The highest BCUT2D eigenvalue weighted by Crippen LogP contribution is 2.39. The zero-order valence-corrected chi connectivity index (χ0v) is 10.0. The van der Waals surface area contributed by atoms with Gasteiger partial charge in [0.1, 0.15) is 0 Å². The minimum Gasteiger partial charge on any atom is -0.0985 e. The van der Waals surface area contributed by atoms with Crippen LogP contribution in [0.25, 0.3) is 0 Å². The van der Waals surface area contributed by atoms with Crippen molar-refractivity contribution in [3.8, 4) is 0 Å². The Balaban J connectivity index is 2.97. The van der Waals surface area contributed by atoms with Crippen molar-refractivity contribution in [2.45, 2.75) is 27.2 Å². The first kappa shape index (κ1) is 11.8. The lowest BCUT2D eigenvalue weighted by atomic mass is 9.75. The van der Waals surface area contributed by atoms with Crippen LogP contribution < -0.4 is 0 Å². The van der Waals surface area contributed by atoms with E-state index in [1.807, 2.05) is 6.08 Å². The van der Waals surface area contributed by atoms with E-state index in [-0.39, 0.29) is 0 Å². The van der Waals surface area contributed by atoms with Crippen molar-refractivity contribution in [1.29, 1.82) is 0 Å². The van der Waals surface area contributed by atoms with Gasteiger partial charge in [0.05, 0.1) is 0 Å². The van der Waals surface area contributed by atoms with Gasteiger partial charge in [0.15, 0.2) is 0 Å². The highest BCUT2D eigenvalue weighted by atomic mass is 14.3. The van der Waals surface area contributed by atoms with Crippen LogP contribution in [-0.4, -0.2) is 0 Å². The number of hydrogen-bond donors (Lipinski definition) is 0. The van der Waals surface area contributed by atoms with E-state index >= 15 is 0 Å². The van der Waals surface area contributed by atoms with Crippen molar-refractivity contribution in [2.24, 2.45) is 5.92 Å². The first-order valence-electron chi connectivity index (χ1n) is 5.52. The standard InChI is InChI=1S/C15H20/c1-6-9-13(7-2)14(8-3)15-10-11(4)12(15)5/h7-10,15H,2,5-6H2,1,3-4H3/b13-9+,14-8-. The maximum absolute atomic E-state index is 4.10. The van der Waals surface area contributed by atoms with Crippen LogP contribution in [0.3, 0.4) is 0 Å². The van der Waals surface area contributed by atoms with Crippen molar-refractivity contribution in [2.75, 3.05) is 0 Å². The molecule has 1 rings (SSSR count). The lowest BCUT2D eigenvalue weighted by Crippen LogP contribution is -2.15. The van der Waals surface area contributed by atoms with Gasteiger partial charge in [-0.3, -0.25) is 0 Å². The summed E-state index contributed by atoms with van der Waals surface area (Å²) in [6.07, 6.45) is 9.64. The van der Waals surface area contributed by atoms with Crippen molar-refractivity contribution < 1.29 is 0 Å². The minimum absolute atomic E-state index is 0.408. The Morgan fingerprint density at radius 3 is 2.53 bits per heavy atom. The third-order valence-electron chi connectivity index (χ3n) is 2.92. The summed E-state index contributed by atoms with van der Waals surface area (Å²) in [5.41, 5.74) is 5.14. The van der Waals surface area contributed by atoms with Gasteiger partial charge < -0.3 is 0 Å². The van der Waals surface area contributed by atoms with Crippen LogP contribution in [-0.2, 0) is 0 Å². The highest BCUT2D eigenvalue weighted by molar-refractivity contribution is 5.55. The first-order chi connectivity index (χ1) is 7.15. The van der Waals surface area contributed by atoms with Gasteiger partial charge >= 0.3 is 0 Å². The molecule has 1 aliphatic carbocycles. The Kier molecular flexibility index (Phi) is 3.90.